The van der Waals surface area contributed by atoms with Gasteiger partial charge in [0.1, 0.15) is 12.8 Å². The average Bonchev–Trinajstić information content (AvgIpc) is 2.50. The molecule has 0 spiro atoms. The van der Waals surface area contributed by atoms with Crippen molar-refractivity contribution in [3.8, 4) is 5.88 Å². The van der Waals surface area contributed by atoms with Crippen LogP contribution >= 0.6 is 0 Å². The third-order valence-electron chi connectivity index (χ3n) is 1.94. The molecule has 0 bridgehead atoms. The lowest BCUT2D eigenvalue weighted by Crippen LogP contribution is -2.12. The van der Waals surface area contributed by atoms with E-state index < -0.39 is 0 Å². The monoisotopic (exact) mass is 166 g/mol. The lowest BCUT2D eigenvalue weighted by Gasteiger charge is -2.13. The molecule has 0 fully saturated rings. The molecule has 4 nitrogen and oxygen atoms in total. The van der Waals surface area contributed by atoms with Gasteiger partial charge in [-0.15, -0.1) is 0 Å². The van der Waals surface area contributed by atoms with Gasteiger partial charge in [-0.05, 0) is 12.8 Å². The van der Waals surface area contributed by atoms with Crippen molar-refractivity contribution in [2.45, 2.75) is 19.4 Å². The largest absolute Gasteiger partial charge is 0.478 e. The molecule has 0 aliphatic carbocycles. The van der Waals surface area contributed by atoms with E-state index >= 15 is 0 Å². The topological polar surface area (TPSA) is 44.1 Å². The van der Waals surface area contributed by atoms with Crippen molar-refractivity contribution in [3.63, 3.8) is 0 Å². The Labute approximate surface area is 70.1 Å². The second-order valence-electron chi connectivity index (χ2n) is 2.78. The zero-order chi connectivity index (χ0) is 8.39. The first-order valence-corrected chi connectivity index (χ1v) is 4.03. The first-order chi connectivity index (χ1) is 5.92. The van der Waals surface area contributed by atoms with Gasteiger partial charge in [-0.25, -0.2) is 4.68 Å². The molecule has 0 amide bonds. The van der Waals surface area contributed by atoms with Crippen LogP contribution in [0.15, 0.2) is 6.20 Å². The van der Waals surface area contributed by atoms with Crippen molar-refractivity contribution in [3.05, 3.63) is 11.8 Å². The second kappa shape index (κ2) is 2.97. The molecule has 0 unspecified atom stereocenters. The Kier molecular flexibility index (Phi) is 1.81. The quantitative estimate of drug-likeness (QED) is 0.597. The van der Waals surface area contributed by atoms with Crippen LogP contribution in [0.2, 0.25) is 0 Å². The normalized spacial score (nSPS) is 15.0. The Morgan fingerprint density at radius 2 is 2.67 bits per heavy atom. The average molecular weight is 166 g/mol. The summed E-state index contributed by atoms with van der Waals surface area (Å²) in [5, 5.41) is 4.05. The molecule has 64 valence electrons. The summed E-state index contributed by atoms with van der Waals surface area (Å²) in [6, 6.07) is 0. The minimum Gasteiger partial charge on any atom is -0.478 e. The SMILES string of the molecule is O=CCn1ncc2c1OCCC2. The van der Waals surface area contributed by atoms with Gasteiger partial charge >= 0.3 is 0 Å². The van der Waals surface area contributed by atoms with Crippen molar-refractivity contribution < 1.29 is 9.53 Å². The number of aryl methyl sites for hydroxylation is 1. The Morgan fingerprint density at radius 1 is 1.75 bits per heavy atom. The third-order valence-corrected chi connectivity index (χ3v) is 1.94. The predicted octanol–water partition coefficient (Wildman–Crippen LogP) is 0.407. The van der Waals surface area contributed by atoms with E-state index in [1.807, 2.05) is 0 Å². The summed E-state index contributed by atoms with van der Waals surface area (Å²) in [7, 11) is 0. The summed E-state index contributed by atoms with van der Waals surface area (Å²) >= 11 is 0. The number of nitrogens with zero attached hydrogens (tertiary/aromatic N) is 2. The van der Waals surface area contributed by atoms with Crippen molar-refractivity contribution in [2.75, 3.05) is 6.61 Å². The summed E-state index contributed by atoms with van der Waals surface area (Å²) in [6.07, 6.45) is 4.65. The molecule has 0 saturated heterocycles. The summed E-state index contributed by atoms with van der Waals surface area (Å²) in [4.78, 5) is 10.2. The lowest BCUT2D eigenvalue weighted by molar-refractivity contribution is -0.108. The number of hydrogen-bond acceptors (Lipinski definition) is 3. The van der Waals surface area contributed by atoms with Gasteiger partial charge in [0.2, 0.25) is 5.88 Å². The molecular formula is C8H10N2O2. The molecule has 4 heteroatoms. The van der Waals surface area contributed by atoms with Crippen molar-refractivity contribution in [1.82, 2.24) is 9.78 Å². The van der Waals surface area contributed by atoms with Crippen LogP contribution < -0.4 is 4.74 Å². The molecule has 12 heavy (non-hydrogen) atoms. The van der Waals surface area contributed by atoms with E-state index in [0.29, 0.717) is 0 Å². The highest BCUT2D eigenvalue weighted by Crippen LogP contribution is 2.23. The van der Waals surface area contributed by atoms with Crippen molar-refractivity contribution in [2.24, 2.45) is 0 Å². The molecule has 1 aromatic rings. The van der Waals surface area contributed by atoms with Crippen LogP contribution in [0, 0.1) is 0 Å². The minimum absolute atomic E-state index is 0.287. The van der Waals surface area contributed by atoms with Gasteiger partial charge in [-0.3, -0.25) is 0 Å². The number of carbonyl (C=O) groups excluding carboxylic acids is 1. The van der Waals surface area contributed by atoms with E-state index in [-0.39, 0.29) is 6.54 Å². The van der Waals surface area contributed by atoms with Gasteiger partial charge in [0.25, 0.3) is 0 Å². The van der Waals surface area contributed by atoms with E-state index in [2.05, 4.69) is 5.10 Å². The summed E-state index contributed by atoms with van der Waals surface area (Å²) in [6.45, 7) is 1.02. The molecule has 1 aromatic heterocycles. The number of rotatable bonds is 2. The number of aromatic nitrogens is 2. The van der Waals surface area contributed by atoms with Gasteiger partial charge < -0.3 is 9.53 Å². The van der Waals surface area contributed by atoms with Crippen LogP contribution in [0.4, 0.5) is 0 Å². The van der Waals surface area contributed by atoms with Crippen molar-refractivity contribution >= 4 is 6.29 Å². The summed E-state index contributed by atoms with van der Waals surface area (Å²) in [5.74, 6) is 0.772. The van der Waals surface area contributed by atoms with Crippen LogP contribution in [0.25, 0.3) is 0 Å². The minimum atomic E-state index is 0.287. The zero-order valence-corrected chi connectivity index (χ0v) is 6.69. The number of aldehydes is 1. The van der Waals surface area contributed by atoms with Gasteiger partial charge in [-0.1, -0.05) is 0 Å². The van der Waals surface area contributed by atoms with E-state index in [0.717, 1.165) is 37.2 Å². The Bertz CT molecular complexity index is 293. The van der Waals surface area contributed by atoms with E-state index in [1.165, 1.54) is 0 Å². The number of fused-ring (bicyclic) bond motifs is 1. The fraction of sp³-hybridized carbons (Fsp3) is 0.500. The number of hydrogen-bond donors (Lipinski definition) is 0. The van der Waals surface area contributed by atoms with Crippen LogP contribution in [-0.2, 0) is 17.8 Å². The molecule has 1 aliphatic heterocycles. The second-order valence-corrected chi connectivity index (χ2v) is 2.78. The molecule has 0 N–H and O–H groups in total. The maximum atomic E-state index is 10.2. The first-order valence-electron chi connectivity index (χ1n) is 4.03. The molecule has 0 radical (unpaired) electrons. The molecule has 2 rings (SSSR count). The van der Waals surface area contributed by atoms with Crippen LogP contribution in [0.3, 0.4) is 0 Å². The predicted molar refractivity (Wildman–Crippen MR) is 42.1 cm³/mol. The maximum Gasteiger partial charge on any atom is 0.215 e. The number of carbonyl (C=O) groups is 1. The van der Waals surface area contributed by atoms with Gasteiger partial charge in [0.15, 0.2) is 0 Å². The third kappa shape index (κ3) is 1.09. The first kappa shape index (κ1) is 7.34. The Morgan fingerprint density at radius 3 is 3.50 bits per heavy atom. The Hall–Kier alpha value is -1.32. The number of ether oxygens (including phenoxy) is 1. The van der Waals surface area contributed by atoms with Gasteiger partial charge in [-0.2, -0.15) is 5.10 Å². The highest BCUT2D eigenvalue weighted by Gasteiger charge is 2.15. The van der Waals surface area contributed by atoms with Crippen LogP contribution in [0.5, 0.6) is 5.88 Å². The van der Waals surface area contributed by atoms with Crippen LogP contribution in [-0.4, -0.2) is 22.7 Å². The Balaban J connectivity index is 2.31. The summed E-state index contributed by atoms with van der Waals surface area (Å²) < 4.78 is 6.99. The highest BCUT2D eigenvalue weighted by molar-refractivity contribution is 5.49. The fourth-order valence-electron chi connectivity index (χ4n) is 1.38. The van der Waals surface area contributed by atoms with Gasteiger partial charge in [0, 0.05) is 5.56 Å². The molecule has 1 aliphatic rings. The van der Waals surface area contributed by atoms with E-state index in [9.17, 15) is 4.79 Å². The van der Waals surface area contributed by atoms with Crippen molar-refractivity contribution in [1.29, 1.82) is 0 Å². The smallest absolute Gasteiger partial charge is 0.215 e. The lowest BCUT2D eigenvalue weighted by atomic mass is 10.2. The molecular weight excluding hydrogens is 156 g/mol. The summed E-state index contributed by atoms with van der Waals surface area (Å²) in [5.41, 5.74) is 1.11. The van der Waals surface area contributed by atoms with E-state index in [1.54, 1.807) is 10.9 Å². The van der Waals surface area contributed by atoms with E-state index in [4.69, 9.17) is 4.74 Å². The van der Waals surface area contributed by atoms with Crippen LogP contribution in [0.1, 0.15) is 12.0 Å². The molecule has 2 heterocycles. The highest BCUT2D eigenvalue weighted by atomic mass is 16.5. The zero-order valence-electron chi connectivity index (χ0n) is 6.69. The maximum absolute atomic E-state index is 10.2. The molecule has 0 saturated carbocycles. The fourth-order valence-corrected chi connectivity index (χ4v) is 1.38. The molecule has 0 atom stereocenters. The standard InChI is InChI=1S/C8H10N2O2/c11-4-3-10-8-7(6-9-10)2-1-5-12-8/h4,6H,1-3,5H2. The molecule has 0 aromatic carbocycles. The van der Waals surface area contributed by atoms with Gasteiger partial charge in [0.05, 0.1) is 12.8 Å².